The number of hydrogen-bond acceptors (Lipinski definition) is 3. The number of likely N-dealkylation sites (tertiary alicyclic amines) is 1. The molecule has 3 rings (SSSR count). The first-order valence-electron chi connectivity index (χ1n) is 9.46. The van der Waals surface area contributed by atoms with Crippen LogP contribution in [0.25, 0.3) is 0 Å². The summed E-state index contributed by atoms with van der Waals surface area (Å²) in [6, 6.07) is 16.3. The van der Waals surface area contributed by atoms with Crippen LogP contribution in [0.4, 0.5) is 0 Å². The first-order chi connectivity index (χ1) is 12.7. The predicted molar refractivity (Wildman–Crippen MR) is 104 cm³/mol. The number of amides is 1. The molecule has 138 valence electrons. The molecule has 0 radical (unpaired) electrons. The number of aryl methyl sites for hydroxylation is 1. The maximum absolute atomic E-state index is 12.1. The highest BCUT2D eigenvalue weighted by Crippen LogP contribution is 2.17. The Morgan fingerprint density at radius 2 is 1.73 bits per heavy atom. The van der Waals surface area contributed by atoms with Crippen molar-refractivity contribution in [2.24, 2.45) is 0 Å². The fourth-order valence-electron chi connectivity index (χ4n) is 3.32. The average molecular weight is 352 g/mol. The molecule has 1 aliphatic rings. The summed E-state index contributed by atoms with van der Waals surface area (Å²) in [6.07, 6.45) is 2.95. The number of nitrogens with one attached hydrogen (secondary N) is 1. The zero-order valence-corrected chi connectivity index (χ0v) is 15.5. The van der Waals surface area contributed by atoms with Crippen LogP contribution in [0, 0.1) is 6.92 Å². The first kappa shape index (κ1) is 18.5. The van der Waals surface area contributed by atoms with Gasteiger partial charge in [0.1, 0.15) is 5.75 Å². The van der Waals surface area contributed by atoms with E-state index in [0.29, 0.717) is 19.6 Å². The number of carbonyl (C=O) groups is 1. The second kappa shape index (κ2) is 9.39. The Balaban J connectivity index is 1.45. The van der Waals surface area contributed by atoms with Gasteiger partial charge in [-0.1, -0.05) is 42.5 Å². The molecule has 1 fully saturated rings. The number of rotatable bonds is 8. The minimum absolute atomic E-state index is 0.0227. The Hall–Kier alpha value is -2.33. The zero-order chi connectivity index (χ0) is 18.2. The van der Waals surface area contributed by atoms with Gasteiger partial charge < -0.3 is 10.1 Å². The molecule has 1 aliphatic heterocycles. The maximum Gasteiger partial charge on any atom is 0.223 e. The lowest BCUT2D eigenvalue weighted by Crippen LogP contribution is -2.26. The lowest BCUT2D eigenvalue weighted by atomic mass is 10.1. The Kier molecular flexibility index (Phi) is 6.67. The van der Waals surface area contributed by atoms with Gasteiger partial charge >= 0.3 is 0 Å². The van der Waals surface area contributed by atoms with Crippen molar-refractivity contribution in [1.29, 1.82) is 0 Å². The summed E-state index contributed by atoms with van der Waals surface area (Å²) in [4.78, 5) is 14.6. The van der Waals surface area contributed by atoms with E-state index < -0.39 is 0 Å². The molecule has 4 nitrogen and oxygen atoms in total. The maximum atomic E-state index is 12.1. The molecule has 0 aliphatic carbocycles. The van der Waals surface area contributed by atoms with Crippen LogP contribution < -0.4 is 10.1 Å². The van der Waals surface area contributed by atoms with Gasteiger partial charge in [0.25, 0.3) is 0 Å². The third-order valence-corrected chi connectivity index (χ3v) is 4.87. The molecular formula is C22H28N2O2. The van der Waals surface area contributed by atoms with Crippen molar-refractivity contribution in [1.82, 2.24) is 10.2 Å². The highest BCUT2D eigenvalue weighted by atomic mass is 16.5. The fraction of sp³-hybridized carbons (Fsp3) is 0.409. The number of ether oxygens (including phenoxy) is 1. The lowest BCUT2D eigenvalue weighted by Gasteiger charge is -2.17. The standard InChI is InChI=1S/C22H28N2O2/c1-18-8-2-5-11-21(18)26-15-12-22(25)23-16-19-9-3-4-10-20(19)17-24-13-6-7-14-24/h2-5,8-11H,6-7,12-17H2,1H3,(H,23,25). The summed E-state index contributed by atoms with van der Waals surface area (Å²) in [5.74, 6) is 0.866. The van der Waals surface area contributed by atoms with Crippen molar-refractivity contribution in [3.63, 3.8) is 0 Å². The molecule has 0 unspecified atom stereocenters. The van der Waals surface area contributed by atoms with Crippen LogP contribution >= 0.6 is 0 Å². The number of para-hydroxylation sites is 1. The van der Waals surface area contributed by atoms with Crippen molar-refractivity contribution in [2.75, 3.05) is 19.7 Å². The van der Waals surface area contributed by atoms with Gasteiger partial charge in [0.05, 0.1) is 13.0 Å². The predicted octanol–water partition coefficient (Wildman–Crippen LogP) is 3.68. The Morgan fingerprint density at radius 1 is 1.04 bits per heavy atom. The van der Waals surface area contributed by atoms with Gasteiger partial charge in [-0.2, -0.15) is 0 Å². The first-order valence-corrected chi connectivity index (χ1v) is 9.46. The van der Waals surface area contributed by atoms with Gasteiger partial charge in [-0.3, -0.25) is 9.69 Å². The minimum Gasteiger partial charge on any atom is -0.493 e. The monoisotopic (exact) mass is 352 g/mol. The molecule has 1 amide bonds. The summed E-state index contributed by atoms with van der Waals surface area (Å²) >= 11 is 0. The van der Waals surface area contributed by atoms with Crippen molar-refractivity contribution in [3.8, 4) is 5.75 Å². The van der Waals surface area contributed by atoms with Gasteiger partial charge in [-0.05, 0) is 55.6 Å². The molecule has 2 aromatic carbocycles. The van der Waals surface area contributed by atoms with Gasteiger partial charge in [0, 0.05) is 13.1 Å². The molecule has 4 heteroatoms. The summed E-state index contributed by atoms with van der Waals surface area (Å²) < 4.78 is 5.70. The van der Waals surface area contributed by atoms with Crippen LogP contribution in [-0.2, 0) is 17.9 Å². The van der Waals surface area contributed by atoms with Crippen LogP contribution in [0.5, 0.6) is 5.75 Å². The van der Waals surface area contributed by atoms with E-state index in [9.17, 15) is 4.79 Å². The van der Waals surface area contributed by atoms with Gasteiger partial charge in [0.2, 0.25) is 5.91 Å². The second-order valence-electron chi connectivity index (χ2n) is 6.89. The Morgan fingerprint density at radius 3 is 2.50 bits per heavy atom. The van der Waals surface area contributed by atoms with Gasteiger partial charge in [-0.25, -0.2) is 0 Å². The van der Waals surface area contributed by atoms with Crippen molar-refractivity contribution in [3.05, 3.63) is 65.2 Å². The number of carbonyl (C=O) groups excluding carboxylic acids is 1. The van der Waals surface area contributed by atoms with Crippen LogP contribution in [-0.4, -0.2) is 30.5 Å². The summed E-state index contributed by atoms with van der Waals surface area (Å²) in [5.41, 5.74) is 3.60. The number of hydrogen-bond donors (Lipinski definition) is 1. The largest absolute Gasteiger partial charge is 0.493 e. The minimum atomic E-state index is 0.0227. The number of nitrogens with zero attached hydrogens (tertiary/aromatic N) is 1. The van der Waals surface area contributed by atoms with Crippen molar-refractivity contribution < 1.29 is 9.53 Å². The lowest BCUT2D eigenvalue weighted by molar-refractivity contribution is -0.121. The van der Waals surface area contributed by atoms with E-state index in [2.05, 4.69) is 28.4 Å². The summed E-state index contributed by atoms with van der Waals surface area (Å²) in [5, 5.41) is 3.03. The van der Waals surface area contributed by atoms with Crippen LogP contribution in [0.15, 0.2) is 48.5 Å². The molecule has 0 aromatic heterocycles. The van der Waals surface area contributed by atoms with Crippen LogP contribution in [0.1, 0.15) is 36.0 Å². The smallest absolute Gasteiger partial charge is 0.223 e. The summed E-state index contributed by atoms with van der Waals surface area (Å²) in [6.45, 7) is 6.31. The van der Waals surface area contributed by atoms with Crippen molar-refractivity contribution >= 4 is 5.91 Å². The van der Waals surface area contributed by atoms with E-state index in [1.807, 2.05) is 37.3 Å². The molecular weight excluding hydrogens is 324 g/mol. The molecule has 0 atom stereocenters. The van der Waals surface area contributed by atoms with E-state index in [1.54, 1.807) is 0 Å². The van der Waals surface area contributed by atoms with Crippen LogP contribution in [0.2, 0.25) is 0 Å². The molecule has 1 heterocycles. The normalized spacial score (nSPS) is 14.3. The van der Waals surface area contributed by atoms with Crippen molar-refractivity contribution in [2.45, 2.75) is 39.3 Å². The molecule has 0 bridgehead atoms. The Bertz CT molecular complexity index is 724. The highest BCUT2D eigenvalue weighted by molar-refractivity contribution is 5.76. The molecule has 1 N–H and O–H groups in total. The van der Waals surface area contributed by atoms with E-state index in [1.165, 1.54) is 37.1 Å². The van der Waals surface area contributed by atoms with E-state index in [-0.39, 0.29) is 5.91 Å². The fourth-order valence-corrected chi connectivity index (χ4v) is 3.32. The topological polar surface area (TPSA) is 41.6 Å². The Labute approximate surface area is 156 Å². The average Bonchev–Trinajstić information content (AvgIpc) is 3.16. The highest BCUT2D eigenvalue weighted by Gasteiger charge is 2.13. The van der Waals surface area contributed by atoms with Gasteiger partial charge in [-0.15, -0.1) is 0 Å². The third kappa shape index (κ3) is 5.33. The summed E-state index contributed by atoms with van der Waals surface area (Å²) in [7, 11) is 0. The molecule has 0 saturated carbocycles. The van der Waals surface area contributed by atoms with E-state index >= 15 is 0 Å². The third-order valence-electron chi connectivity index (χ3n) is 4.87. The number of benzene rings is 2. The van der Waals surface area contributed by atoms with Gasteiger partial charge in [0.15, 0.2) is 0 Å². The molecule has 2 aromatic rings. The van der Waals surface area contributed by atoms with E-state index in [0.717, 1.165) is 17.9 Å². The van der Waals surface area contributed by atoms with Crippen LogP contribution in [0.3, 0.4) is 0 Å². The molecule has 0 spiro atoms. The SMILES string of the molecule is Cc1ccccc1OCCC(=O)NCc1ccccc1CN1CCCC1. The zero-order valence-electron chi connectivity index (χ0n) is 15.5. The second-order valence-corrected chi connectivity index (χ2v) is 6.89. The van der Waals surface area contributed by atoms with E-state index in [4.69, 9.17) is 4.74 Å². The quantitative estimate of drug-likeness (QED) is 0.788. The molecule has 1 saturated heterocycles. The molecule has 26 heavy (non-hydrogen) atoms.